The van der Waals surface area contributed by atoms with Crippen molar-refractivity contribution in [2.24, 2.45) is 5.73 Å². The third-order valence-electron chi connectivity index (χ3n) is 3.07. The van der Waals surface area contributed by atoms with Crippen LogP contribution in [0.25, 0.3) is 0 Å². The predicted molar refractivity (Wildman–Crippen MR) is 79.6 cm³/mol. The van der Waals surface area contributed by atoms with E-state index in [9.17, 15) is 4.39 Å². The lowest BCUT2D eigenvalue weighted by atomic mass is 10.0. The maximum atomic E-state index is 13.3. The van der Waals surface area contributed by atoms with Crippen LogP contribution >= 0.6 is 11.6 Å². The van der Waals surface area contributed by atoms with Gasteiger partial charge in [0.1, 0.15) is 17.7 Å². The average molecular weight is 294 g/mol. The number of hydrogen-bond donors (Lipinski definition) is 1. The van der Waals surface area contributed by atoms with Crippen molar-refractivity contribution < 1.29 is 9.13 Å². The molecular formula is C16H17ClFNO. The second-order valence-corrected chi connectivity index (χ2v) is 5.30. The van der Waals surface area contributed by atoms with Gasteiger partial charge in [-0.15, -0.1) is 0 Å². The van der Waals surface area contributed by atoms with Gasteiger partial charge < -0.3 is 10.5 Å². The fraction of sp³-hybridized carbons (Fsp3) is 0.250. The maximum Gasteiger partial charge on any atom is 0.138 e. The van der Waals surface area contributed by atoms with E-state index in [2.05, 4.69) is 0 Å². The summed E-state index contributed by atoms with van der Waals surface area (Å²) < 4.78 is 19.2. The monoisotopic (exact) mass is 293 g/mol. The van der Waals surface area contributed by atoms with Gasteiger partial charge in [-0.25, -0.2) is 4.39 Å². The number of rotatable bonds is 4. The predicted octanol–water partition coefficient (Wildman–Crippen LogP) is 4.25. The summed E-state index contributed by atoms with van der Waals surface area (Å²) in [5.41, 5.74) is 7.47. The van der Waals surface area contributed by atoms with Crippen LogP contribution in [0.15, 0.2) is 42.5 Å². The maximum absolute atomic E-state index is 13.3. The van der Waals surface area contributed by atoms with Gasteiger partial charge in [-0.1, -0.05) is 23.7 Å². The van der Waals surface area contributed by atoms with E-state index in [1.54, 1.807) is 31.2 Å². The fourth-order valence-electron chi connectivity index (χ4n) is 1.97. The molecule has 0 spiro atoms. The molecule has 0 bridgehead atoms. The lowest BCUT2D eigenvalue weighted by Gasteiger charge is -2.23. The van der Waals surface area contributed by atoms with Crippen molar-refractivity contribution in [1.29, 1.82) is 0 Å². The van der Waals surface area contributed by atoms with E-state index in [1.807, 2.05) is 19.1 Å². The van der Waals surface area contributed by atoms with E-state index in [0.717, 1.165) is 5.56 Å². The minimum Gasteiger partial charge on any atom is -0.484 e. The minimum absolute atomic E-state index is 0.207. The molecule has 2 aromatic carbocycles. The van der Waals surface area contributed by atoms with Crippen molar-refractivity contribution in [3.8, 4) is 5.75 Å². The zero-order chi connectivity index (χ0) is 14.7. The van der Waals surface area contributed by atoms with Crippen LogP contribution in [0, 0.1) is 12.7 Å². The molecule has 2 nitrogen and oxygen atoms in total. The molecule has 0 aromatic heterocycles. The van der Waals surface area contributed by atoms with Crippen molar-refractivity contribution in [3.05, 3.63) is 64.4 Å². The summed E-state index contributed by atoms with van der Waals surface area (Å²) in [4.78, 5) is 0. The zero-order valence-corrected chi connectivity index (χ0v) is 12.2. The first kappa shape index (κ1) is 14.8. The summed E-state index contributed by atoms with van der Waals surface area (Å²) in [6.07, 6.45) is -0.308. The standard InChI is InChI=1S/C16H17ClFNO/c1-10-9-14(7-8-15(10)18)20-16(11(2)19)12-3-5-13(17)6-4-12/h3-9,11,16H,19H2,1-2H3. The quantitative estimate of drug-likeness (QED) is 0.914. The van der Waals surface area contributed by atoms with Gasteiger partial charge in [-0.2, -0.15) is 0 Å². The van der Waals surface area contributed by atoms with Crippen molar-refractivity contribution >= 4 is 11.6 Å². The van der Waals surface area contributed by atoms with E-state index in [4.69, 9.17) is 22.1 Å². The van der Waals surface area contributed by atoms with Crippen molar-refractivity contribution in [2.45, 2.75) is 26.0 Å². The Morgan fingerprint density at radius 1 is 1.15 bits per heavy atom. The molecule has 2 N–H and O–H groups in total. The third kappa shape index (κ3) is 3.50. The summed E-state index contributed by atoms with van der Waals surface area (Å²) >= 11 is 5.88. The van der Waals surface area contributed by atoms with Gasteiger partial charge in [0.15, 0.2) is 0 Å². The molecule has 106 valence electrons. The lowest BCUT2D eigenvalue weighted by molar-refractivity contribution is 0.180. The molecule has 0 aliphatic rings. The van der Waals surface area contributed by atoms with Gasteiger partial charge in [0.2, 0.25) is 0 Å². The normalized spacial score (nSPS) is 13.8. The number of aryl methyl sites for hydroxylation is 1. The topological polar surface area (TPSA) is 35.2 Å². The highest BCUT2D eigenvalue weighted by atomic mass is 35.5. The van der Waals surface area contributed by atoms with E-state index < -0.39 is 0 Å². The number of benzene rings is 2. The summed E-state index contributed by atoms with van der Waals surface area (Å²) in [5.74, 6) is 0.349. The highest BCUT2D eigenvalue weighted by Crippen LogP contribution is 2.26. The van der Waals surface area contributed by atoms with Crippen molar-refractivity contribution in [2.75, 3.05) is 0 Å². The Kier molecular flexibility index (Phi) is 4.63. The molecule has 4 heteroatoms. The zero-order valence-electron chi connectivity index (χ0n) is 11.4. The van der Waals surface area contributed by atoms with E-state index in [-0.39, 0.29) is 18.0 Å². The smallest absolute Gasteiger partial charge is 0.138 e. The Hall–Kier alpha value is -1.58. The number of nitrogens with two attached hydrogens (primary N) is 1. The Morgan fingerprint density at radius 2 is 1.80 bits per heavy atom. The van der Waals surface area contributed by atoms with Gasteiger partial charge in [-0.3, -0.25) is 0 Å². The first-order chi connectivity index (χ1) is 9.47. The van der Waals surface area contributed by atoms with Crippen LogP contribution in [-0.4, -0.2) is 6.04 Å². The van der Waals surface area contributed by atoms with Crippen LogP contribution in [0.4, 0.5) is 4.39 Å². The van der Waals surface area contributed by atoms with Gasteiger partial charge in [0.05, 0.1) is 0 Å². The Morgan fingerprint density at radius 3 is 2.35 bits per heavy atom. The Bertz CT molecular complexity index is 584. The number of halogens is 2. The summed E-state index contributed by atoms with van der Waals surface area (Å²) in [6.45, 7) is 3.57. The molecule has 2 aromatic rings. The fourth-order valence-corrected chi connectivity index (χ4v) is 2.09. The third-order valence-corrected chi connectivity index (χ3v) is 3.32. The number of ether oxygens (including phenoxy) is 1. The molecule has 0 saturated carbocycles. The Balaban J connectivity index is 2.25. The number of hydrogen-bond acceptors (Lipinski definition) is 2. The first-order valence-corrected chi connectivity index (χ1v) is 6.79. The summed E-state index contributed by atoms with van der Waals surface area (Å²) in [6, 6.07) is 11.8. The van der Waals surface area contributed by atoms with Gasteiger partial charge in [0, 0.05) is 11.1 Å². The molecule has 0 radical (unpaired) electrons. The molecular weight excluding hydrogens is 277 g/mol. The van der Waals surface area contributed by atoms with Crippen molar-refractivity contribution in [3.63, 3.8) is 0 Å². The second-order valence-electron chi connectivity index (χ2n) is 4.86. The van der Waals surface area contributed by atoms with Gasteiger partial charge in [-0.05, 0) is 55.3 Å². The largest absolute Gasteiger partial charge is 0.484 e. The molecule has 0 amide bonds. The van der Waals surface area contributed by atoms with Gasteiger partial charge >= 0.3 is 0 Å². The average Bonchev–Trinajstić information content (AvgIpc) is 2.41. The highest BCUT2D eigenvalue weighted by Gasteiger charge is 2.18. The van der Waals surface area contributed by atoms with Gasteiger partial charge in [0.25, 0.3) is 0 Å². The van der Waals surface area contributed by atoms with Crippen LogP contribution in [0.3, 0.4) is 0 Å². The van der Waals surface area contributed by atoms with Crippen molar-refractivity contribution in [1.82, 2.24) is 0 Å². The van der Waals surface area contributed by atoms with Crippen LogP contribution in [0.5, 0.6) is 5.75 Å². The highest BCUT2D eigenvalue weighted by molar-refractivity contribution is 6.30. The molecule has 2 unspecified atom stereocenters. The molecule has 0 aliphatic carbocycles. The first-order valence-electron chi connectivity index (χ1n) is 6.41. The Labute approximate surface area is 123 Å². The minimum atomic E-state index is -0.308. The summed E-state index contributed by atoms with van der Waals surface area (Å²) in [5, 5.41) is 0.662. The van der Waals surface area contributed by atoms with E-state index in [0.29, 0.717) is 16.3 Å². The second kappa shape index (κ2) is 6.25. The van der Waals surface area contributed by atoms with Crippen LogP contribution < -0.4 is 10.5 Å². The molecule has 0 fully saturated rings. The van der Waals surface area contributed by atoms with E-state index >= 15 is 0 Å². The van der Waals surface area contributed by atoms with Crippen LogP contribution in [0.2, 0.25) is 5.02 Å². The summed E-state index contributed by atoms with van der Waals surface area (Å²) in [7, 11) is 0. The lowest BCUT2D eigenvalue weighted by Crippen LogP contribution is -2.29. The molecule has 0 saturated heterocycles. The van der Waals surface area contributed by atoms with Crippen LogP contribution in [0.1, 0.15) is 24.2 Å². The molecule has 2 rings (SSSR count). The molecule has 0 aliphatic heterocycles. The van der Waals surface area contributed by atoms with E-state index in [1.165, 1.54) is 6.07 Å². The van der Waals surface area contributed by atoms with Crippen LogP contribution in [-0.2, 0) is 0 Å². The molecule has 2 atom stereocenters. The molecule has 0 heterocycles. The molecule has 20 heavy (non-hydrogen) atoms. The SMILES string of the molecule is Cc1cc(OC(c2ccc(Cl)cc2)C(C)N)ccc1F.